The van der Waals surface area contributed by atoms with Crippen LogP contribution in [-0.4, -0.2) is 12.8 Å². The van der Waals surface area contributed by atoms with Crippen LogP contribution in [-0.2, 0) is 0 Å². The monoisotopic (exact) mass is 367 g/mol. The van der Waals surface area contributed by atoms with E-state index in [9.17, 15) is 0 Å². The molecule has 3 rings (SSSR count). The Morgan fingerprint density at radius 2 is 1.00 bits per heavy atom. The summed E-state index contributed by atoms with van der Waals surface area (Å²) in [6, 6.07) is 18.3. The molecule has 0 atom stereocenters. The third-order valence-corrected chi connectivity index (χ3v) is 10.2. The van der Waals surface area contributed by atoms with Crippen LogP contribution in [0.2, 0.25) is 0 Å². The molecule has 0 fully saturated rings. The van der Waals surface area contributed by atoms with Gasteiger partial charge in [-0.25, -0.2) is 0 Å². The highest BCUT2D eigenvalue weighted by Gasteiger charge is 2.36. The zero-order valence-corrected chi connectivity index (χ0v) is 17.7. The zero-order valence-electron chi connectivity index (χ0n) is 16.8. The molecule has 141 valence electrons. The molecule has 0 aliphatic carbocycles. The highest BCUT2D eigenvalue weighted by atomic mass is 31.2. The van der Waals surface area contributed by atoms with Crippen LogP contribution in [0.25, 0.3) is 11.1 Å². The lowest BCUT2D eigenvalue weighted by Crippen LogP contribution is -2.19. The van der Waals surface area contributed by atoms with Crippen molar-refractivity contribution in [2.45, 2.75) is 71.1 Å². The van der Waals surface area contributed by atoms with E-state index in [0.29, 0.717) is 0 Å². The van der Waals surface area contributed by atoms with Crippen LogP contribution < -0.4 is 10.6 Å². The van der Waals surface area contributed by atoms with Gasteiger partial charge in [0.05, 0.1) is 0 Å². The SMILES string of the molecule is CCCCCCCCCCCC[P]1(C)c2ccccc2-c2ccccc21. The minimum atomic E-state index is -1.17. The van der Waals surface area contributed by atoms with Crippen molar-refractivity contribution in [3.63, 3.8) is 0 Å². The average molecular weight is 368 g/mol. The maximum Gasteiger partial charge on any atom is -0.0101 e. The largest absolute Gasteiger partial charge is 0.0716 e. The lowest BCUT2D eigenvalue weighted by molar-refractivity contribution is 0.563. The Morgan fingerprint density at radius 3 is 1.50 bits per heavy atom. The van der Waals surface area contributed by atoms with Crippen LogP contribution >= 0.6 is 7.26 Å². The predicted molar refractivity (Wildman–Crippen MR) is 121 cm³/mol. The summed E-state index contributed by atoms with van der Waals surface area (Å²) in [4.78, 5) is 0. The topological polar surface area (TPSA) is 0 Å². The van der Waals surface area contributed by atoms with Crippen molar-refractivity contribution in [3.8, 4) is 11.1 Å². The van der Waals surface area contributed by atoms with Gasteiger partial charge in [-0.05, 0) is 41.0 Å². The maximum atomic E-state index is 2.57. The molecule has 1 aliphatic heterocycles. The smallest absolute Gasteiger partial charge is 0.0101 e. The number of fused-ring (bicyclic) bond motifs is 3. The van der Waals surface area contributed by atoms with E-state index in [-0.39, 0.29) is 0 Å². The van der Waals surface area contributed by atoms with E-state index in [2.05, 4.69) is 62.1 Å². The molecule has 1 radical (unpaired) electrons. The molecule has 0 saturated heterocycles. The fraction of sp³-hybridized carbons (Fsp3) is 0.520. The minimum Gasteiger partial charge on any atom is -0.0716 e. The first-order valence-electron chi connectivity index (χ1n) is 10.8. The number of unbranched alkanes of at least 4 members (excludes halogenated alkanes) is 9. The number of hydrogen-bond acceptors (Lipinski definition) is 0. The first-order valence-corrected chi connectivity index (χ1v) is 13.2. The third kappa shape index (κ3) is 4.40. The molecule has 2 aromatic rings. The Labute approximate surface area is 161 Å². The van der Waals surface area contributed by atoms with Gasteiger partial charge in [-0.1, -0.05) is 121 Å². The number of benzene rings is 2. The first-order chi connectivity index (χ1) is 12.8. The second-order valence-corrected chi connectivity index (χ2v) is 11.9. The van der Waals surface area contributed by atoms with Crippen LogP contribution in [0.15, 0.2) is 48.5 Å². The second kappa shape index (κ2) is 9.70. The lowest BCUT2D eigenvalue weighted by atomic mass is 10.1. The van der Waals surface area contributed by atoms with E-state index >= 15 is 0 Å². The van der Waals surface area contributed by atoms with Crippen LogP contribution in [0.5, 0.6) is 0 Å². The van der Waals surface area contributed by atoms with E-state index in [0.717, 1.165) is 0 Å². The van der Waals surface area contributed by atoms with Gasteiger partial charge in [-0.2, -0.15) is 0 Å². The highest BCUT2D eigenvalue weighted by Crippen LogP contribution is 2.60. The summed E-state index contributed by atoms with van der Waals surface area (Å²) in [5, 5.41) is 3.30. The minimum absolute atomic E-state index is 1.17. The lowest BCUT2D eigenvalue weighted by Gasteiger charge is -2.30. The van der Waals surface area contributed by atoms with Crippen LogP contribution in [0, 0.1) is 0 Å². The van der Waals surface area contributed by atoms with E-state index in [1.165, 1.54) is 81.5 Å². The summed E-state index contributed by atoms with van der Waals surface area (Å²) in [7, 11) is -1.17. The predicted octanol–water partition coefficient (Wildman–Crippen LogP) is 7.19. The maximum absolute atomic E-state index is 2.57. The molecule has 0 unspecified atom stereocenters. The van der Waals surface area contributed by atoms with Gasteiger partial charge in [0.25, 0.3) is 0 Å². The van der Waals surface area contributed by atoms with Crippen molar-refractivity contribution in [2.24, 2.45) is 0 Å². The van der Waals surface area contributed by atoms with E-state index < -0.39 is 7.26 Å². The summed E-state index contributed by atoms with van der Waals surface area (Å²) < 4.78 is 0. The molecule has 0 amide bonds. The van der Waals surface area contributed by atoms with Gasteiger partial charge in [-0.3, -0.25) is 0 Å². The Hall–Kier alpha value is -1.13. The molecule has 1 heteroatoms. The highest BCUT2D eigenvalue weighted by molar-refractivity contribution is 7.90. The van der Waals surface area contributed by atoms with Gasteiger partial charge < -0.3 is 0 Å². The fourth-order valence-corrected chi connectivity index (χ4v) is 8.43. The first kappa shape index (κ1) is 19.6. The van der Waals surface area contributed by atoms with Crippen LogP contribution in [0.1, 0.15) is 71.1 Å². The van der Waals surface area contributed by atoms with Crippen molar-refractivity contribution >= 4 is 17.9 Å². The summed E-state index contributed by atoms with van der Waals surface area (Å²) in [6.45, 7) is 4.87. The summed E-state index contributed by atoms with van der Waals surface area (Å²) in [5.74, 6) is 0. The zero-order chi connectivity index (χ0) is 18.2. The molecule has 0 saturated carbocycles. The second-order valence-electron chi connectivity index (χ2n) is 8.13. The van der Waals surface area contributed by atoms with Crippen molar-refractivity contribution in [3.05, 3.63) is 48.5 Å². The molecule has 26 heavy (non-hydrogen) atoms. The Morgan fingerprint density at radius 1 is 0.577 bits per heavy atom. The van der Waals surface area contributed by atoms with Crippen LogP contribution in [0.3, 0.4) is 0 Å². The number of hydrogen-bond donors (Lipinski definition) is 0. The standard InChI is InChI=1S/C25H36P/c1-3-4-5-6-7-8-9-10-11-16-21-26(2)24-19-14-12-17-22(24)23-18-13-15-20-25(23)26/h12-15,17-20H,3-11,16,21H2,1-2H3. The molecule has 2 aromatic carbocycles. The van der Waals surface area contributed by atoms with Gasteiger partial charge >= 0.3 is 0 Å². The Bertz CT molecular complexity index is 643. The summed E-state index contributed by atoms with van der Waals surface area (Å²) >= 11 is 0. The van der Waals surface area contributed by atoms with Crippen molar-refractivity contribution in [2.75, 3.05) is 12.8 Å². The fourth-order valence-electron chi connectivity index (χ4n) is 4.55. The van der Waals surface area contributed by atoms with Crippen LogP contribution in [0.4, 0.5) is 0 Å². The average Bonchev–Trinajstić information content (AvgIpc) is 2.93. The molecular weight excluding hydrogens is 331 g/mol. The Kier molecular flexibility index (Phi) is 7.32. The quantitative estimate of drug-likeness (QED) is 0.291. The third-order valence-electron chi connectivity index (χ3n) is 6.12. The van der Waals surface area contributed by atoms with E-state index in [4.69, 9.17) is 0 Å². The molecule has 0 spiro atoms. The summed E-state index contributed by atoms with van der Waals surface area (Å²) in [6.07, 6.45) is 15.6. The summed E-state index contributed by atoms with van der Waals surface area (Å²) in [5.41, 5.74) is 3.01. The normalized spacial score (nSPS) is 14.2. The molecule has 0 nitrogen and oxygen atoms in total. The van der Waals surface area contributed by atoms with E-state index in [1.807, 2.05) is 0 Å². The van der Waals surface area contributed by atoms with Gasteiger partial charge in [0.2, 0.25) is 0 Å². The van der Waals surface area contributed by atoms with Crippen molar-refractivity contribution in [1.29, 1.82) is 0 Å². The van der Waals surface area contributed by atoms with Crippen molar-refractivity contribution in [1.82, 2.24) is 0 Å². The molecular formula is C25H36P. The molecule has 0 N–H and O–H groups in total. The molecule has 1 aliphatic rings. The van der Waals surface area contributed by atoms with Gasteiger partial charge in [0.1, 0.15) is 0 Å². The molecule has 1 heterocycles. The van der Waals surface area contributed by atoms with Gasteiger partial charge in [0.15, 0.2) is 0 Å². The van der Waals surface area contributed by atoms with Gasteiger partial charge in [-0.15, -0.1) is 0 Å². The van der Waals surface area contributed by atoms with Crippen molar-refractivity contribution < 1.29 is 0 Å². The molecule has 0 aromatic heterocycles. The Balaban J connectivity index is 1.48. The molecule has 0 bridgehead atoms. The van der Waals surface area contributed by atoms with E-state index in [1.54, 1.807) is 10.6 Å². The number of rotatable bonds is 11. The van der Waals surface area contributed by atoms with Gasteiger partial charge in [0, 0.05) is 0 Å².